The van der Waals surface area contributed by atoms with E-state index in [1.54, 1.807) is 0 Å². The molecule has 148 valence electrons. The van der Waals surface area contributed by atoms with Gasteiger partial charge in [0, 0.05) is 44.2 Å². The van der Waals surface area contributed by atoms with Crippen LogP contribution in [0.1, 0.15) is 55.8 Å². The van der Waals surface area contributed by atoms with Crippen LogP contribution in [0.3, 0.4) is 0 Å². The molecule has 0 bridgehead atoms. The van der Waals surface area contributed by atoms with Gasteiger partial charge in [-0.25, -0.2) is 0 Å². The Hall–Kier alpha value is -1.88. The van der Waals surface area contributed by atoms with E-state index in [-0.39, 0.29) is 11.8 Å². The summed E-state index contributed by atoms with van der Waals surface area (Å²) in [7, 11) is 0. The molecule has 2 heterocycles. The molecule has 1 atom stereocenters. The van der Waals surface area contributed by atoms with Gasteiger partial charge >= 0.3 is 0 Å². The van der Waals surface area contributed by atoms with Crippen molar-refractivity contribution in [3.63, 3.8) is 0 Å². The quantitative estimate of drug-likeness (QED) is 0.836. The first-order valence-electron chi connectivity index (χ1n) is 10.5. The van der Waals surface area contributed by atoms with E-state index in [9.17, 15) is 9.59 Å². The van der Waals surface area contributed by atoms with Gasteiger partial charge in [-0.05, 0) is 57.2 Å². The molecule has 0 spiro atoms. The third-order valence-corrected chi connectivity index (χ3v) is 6.06. The van der Waals surface area contributed by atoms with Crippen LogP contribution < -0.4 is 5.32 Å². The number of piperidine rings is 2. The molecular formula is C22H33N3O2. The summed E-state index contributed by atoms with van der Waals surface area (Å²) in [5.41, 5.74) is 0.751. The lowest BCUT2D eigenvalue weighted by Gasteiger charge is -2.33. The van der Waals surface area contributed by atoms with E-state index in [1.165, 1.54) is 19.3 Å². The predicted octanol–water partition coefficient (Wildman–Crippen LogP) is 2.92. The first kappa shape index (κ1) is 19.9. The first-order chi connectivity index (χ1) is 13.1. The van der Waals surface area contributed by atoms with E-state index in [4.69, 9.17) is 0 Å². The van der Waals surface area contributed by atoms with Crippen LogP contribution in [-0.4, -0.2) is 60.4 Å². The molecule has 1 aromatic carbocycles. The van der Waals surface area contributed by atoms with Crippen molar-refractivity contribution in [2.24, 2.45) is 5.92 Å². The van der Waals surface area contributed by atoms with Gasteiger partial charge in [0.1, 0.15) is 0 Å². The van der Waals surface area contributed by atoms with E-state index in [0.717, 1.165) is 51.1 Å². The fourth-order valence-corrected chi connectivity index (χ4v) is 4.27. The second kappa shape index (κ2) is 9.88. The number of carbonyl (C=O) groups excluding carboxylic acids is 2. The van der Waals surface area contributed by atoms with E-state index in [1.807, 2.05) is 35.2 Å². The molecule has 1 unspecified atom stereocenters. The van der Waals surface area contributed by atoms with Crippen LogP contribution in [0.4, 0.5) is 0 Å². The summed E-state index contributed by atoms with van der Waals surface area (Å²) in [6, 6.07) is 10.1. The van der Waals surface area contributed by atoms with Crippen molar-refractivity contribution < 1.29 is 9.59 Å². The Morgan fingerprint density at radius 2 is 1.78 bits per heavy atom. The fraction of sp³-hybridized carbons (Fsp3) is 0.636. The number of likely N-dealkylation sites (tertiary alicyclic amines) is 2. The van der Waals surface area contributed by atoms with Crippen LogP contribution >= 0.6 is 0 Å². The topological polar surface area (TPSA) is 52.7 Å². The number of nitrogens with zero attached hydrogens (tertiary/aromatic N) is 2. The molecule has 2 saturated heterocycles. The number of hydrogen-bond donors (Lipinski definition) is 1. The number of nitrogens with one attached hydrogen (secondary N) is 1. The molecule has 2 amide bonds. The molecule has 0 aromatic heterocycles. The number of amides is 2. The Balaban J connectivity index is 1.34. The highest BCUT2D eigenvalue weighted by Crippen LogP contribution is 2.22. The molecular weight excluding hydrogens is 338 g/mol. The third kappa shape index (κ3) is 5.80. The minimum absolute atomic E-state index is 0.106. The maximum absolute atomic E-state index is 12.5. The van der Waals surface area contributed by atoms with Crippen LogP contribution in [0.15, 0.2) is 30.3 Å². The molecule has 2 fully saturated rings. The van der Waals surface area contributed by atoms with Gasteiger partial charge in [-0.2, -0.15) is 0 Å². The number of hydrogen-bond acceptors (Lipinski definition) is 3. The van der Waals surface area contributed by atoms with Gasteiger partial charge in [0.2, 0.25) is 5.91 Å². The van der Waals surface area contributed by atoms with E-state index in [0.29, 0.717) is 18.4 Å². The lowest BCUT2D eigenvalue weighted by molar-refractivity contribution is -0.122. The molecule has 0 radical (unpaired) electrons. The average Bonchev–Trinajstić information content (AvgIpc) is 2.70. The summed E-state index contributed by atoms with van der Waals surface area (Å²) in [5.74, 6) is 0.653. The highest BCUT2D eigenvalue weighted by molar-refractivity contribution is 5.94. The van der Waals surface area contributed by atoms with Gasteiger partial charge < -0.3 is 10.2 Å². The number of rotatable bonds is 6. The molecule has 3 rings (SSSR count). The summed E-state index contributed by atoms with van der Waals surface area (Å²) < 4.78 is 0. The van der Waals surface area contributed by atoms with Crippen molar-refractivity contribution in [1.82, 2.24) is 15.1 Å². The zero-order chi connectivity index (χ0) is 19.1. The van der Waals surface area contributed by atoms with Crippen LogP contribution in [0.2, 0.25) is 0 Å². The second-order valence-electron chi connectivity index (χ2n) is 8.04. The van der Waals surface area contributed by atoms with Crippen LogP contribution in [-0.2, 0) is 4.79 Å². The van der Waals surface area contributed by atoms with Gasteiger partial charge in [0.25, 0.3) is 5.91 Å². The molecule has 2 aliphatic heterocycles. The summed E-state index contributed by atoms with van der Waals surface area (Å²) in [5, 5.41) is 3.10. The summed E-state index contributed by atoms with van der Waals surface area (Å²) in [6.07, 6.45) is 6.29. The molecule has 2 aliphatic rings. The van der Waals surface area contributed by atoms with Crippen molar-refractivity contribution in [3.05, 3.63) is 35.9 Å². The molecule has 27 heavy (non-hydrogen) atoms. The monoisotopic (exact) mass is 371 g/mol. The predicted molar refractivity (Wildman–Crippen MR) is 108 cm³/mol. The summed E-state index contributed by atoms with van der Waals surface area (Å²) in [4.78, 5) is 29.2. The lowest BCUT2D eigenvalue weighted by Crippen LogP contribution is -2.43. The van der Waals surface area contributed by atoms with Crippen molar-refractivity contribution in [3.8, 4) is 0 Å². The van der Waals surface area contributed by atoms with Gasteiger partial charge in [0.15, 0.2) is 0 Å². The normalized spacial score (nSPS) is 21.8. The highest BCUT2D eigenvalue weighted by Gasteiger charge is 2.25. The second-order valence-corrected chi connectivity index (χ2v) is 8.04. The van der Waals surface area contributed by atoms with E-state index >= 15 is 0 Å². The van der Waals surface area contributed by atoms with Gasteiger partial charge in [-0.1, -0.05) is 24.6 Å². The standard InChI is InChI=1S/C22H33N3O2/c1-18-7-5-6-13-24(18)16-12-23-21(26)17-19-10-14-25(15-11-19)22(27)20-8-3-2-4-9-20/h2-4,8-9,18-19H,5-7,10-17H2,1H3,(H,23,26). The smallest absolute Gasteiger partial charge is 0.253 e. The lowest BCUT2D eigenvalue weighted by atomic mass is 9.93. The maximum Gasteiger partial charge on any atom is 0.253 e. The third-order valence-electron chi connectivity index (χ3n) is 6.06. The molecule has 0 aliphatic carbocycles. The minimum atomic E-state index is 0.106. The molecule has 1 N–H and O–H groups in total. The van der Waals surface area contributed by atoms with Gasteiger partial charge in [0.05, 0.1) is 0 Å². The molecule has 0 saturated carbocycles. The molecule has 5 heteroatoms. The Morgan fingerprint density at radius 1 is 1.04 bits per heavy atom. The molecule has 1 aromatic rings. The van der Waals surface area contributed by atoms with E-state index < -0.39 is 0 Å². The van der Waals surface area contributed by atoms with Crippen molar-refractivity contribution in [2.75, 3.05) is 32.7 Å². The van der Waals surface area contributed by atoms with Crippen molar-refractivity contribution in [2.45, 2.75) is 51.5 Å². The molecule has 5 nitrogen and oxygen atoms in total. The van der Waals surface area contributed by atoms with Gasteiger partial charge in [-0.15, -0.1) is 0 Å². The van der Waals surface area contributed by atoms with Crippen LogP contribution in [0.5, 0.6) is 0 Å². The Kier molecular flexibility index (Phi) is 7.27. The Labute approximate surface area is 163 Å². The van der Waals surface area contributed by atoms with Gasteiger partial charge in [-0.3, -0.25) is 14.5 Å². The van der Waals surface area contributed by atoms with Crippen molar-refractivity contribution in [1.29, 1.82) is 0 Å². The van der Waals surface area contributed by atoms with Crippen LogP contribution in [0.25, 0.3) is 0 Å². The number of benzene rings is 1. The van der Waals surface area contributed by atoms with E-state index in [2.05, 4.69) is 17.1 Å². The van der Waals surface area contributed by atoms with Crippen LogP contribution in [0, 0.1) is 5.92 Å². The maximum atomic E-state index is 12.5. The SMILES string of the molecule is CC1CCCCN1CCNC(=O)CC1CCN(C(=O)c2ccccc2)CC1. The number of carbonyl (C=O) groups is 2. The Bertz CT molecular complexity index is 611. The fourth-order valence-electron chi connectivity index (χ4n) is 4.27. The minimum Gasteiger partial charge on any atom is -0.355 e. The largest absolute Gasteiger partial charge is 0.355 e. The first-order valence-corrected chi connectivity index (χ1v) is 10.5. The zero-order valence-electron chi connectivity index (χ0n) is 16.5. The summed E-state index contributed by atoms with van der Waals surface area (Å²) in [6.45, 7) is 6.63. The highest BCUT2D eigenvalue weighted by atomic mass is 16.2. The zero-order valence-corrected chi connectivity index (χ0v) is 16.5. The summed E-state index contributed by atoms with van der Waals surface area (Å²) >= 11 is 0. The Morgan fingerprint density at radius 3 is 2.48 bits per heavy atom. The average molecular weight is 372 g/mol. The van der Waals surface area contributed by atoms with Crippen molar-refractivity contribution >= 4 is 11.8 Å².